The summed E-state index contributed by atoms with van der Waals surface area (Å²) < 4.78 is 0. The van der Waals surface area contributed by atoms with E-state index in [1.54, 1.807) is 0 Å². The Labute approximate surface area is 121 Å². The first kappa shape index (κ1) is 13.4. The molecule has 1 saturated carbocycles. The third-order valence-electron chi connectivity index (χ3n) is 4.77. The zero-order valence-corrected chi connectivity index (χ0v) is 12.4. The molecule has 1 fully saturated rings. The van der Waals surface area contributed by atoms with Gasteiger partial charge in [-0.25, -0.2) is 4.98 Å². The van der Waals surface area contributed by atoms with Crippen LogP contribution in [0.1, 0.15) is 55.3 Å². The molecule has 0 radical (unpaired) electrons. The van der Waals surface area contributed by atoms with Crippen molar-refractivity contribution in [1.29, 1.82) is 5.26 Å². The molecule has 2 aliphatic rings. The number of rotatable bonds is 3. The van der Waals surface area contributed by atoms with Crippen molar-refractivity contribution in [2.24, 2.45) is 5.92 Å². The molecule has 0 spiro atoms. The number of nitrogens with zero attached hydrogens (tertiary/aromatic N) is 3. The molecule has 106 valence electrons. The normalized spacial score (nSPS) is 18.6. The summed E-state index contributed by atoms with van der Waals surface area (Å²) in [6.07, 6.45) is 10.0. The Morgan fingerprint density at radius 1 is 1.25 bits per heavy atom. The molecule has 0 amide bonds. The van der Waals surface area contributed by atoms with Crippen molar-refractivity contribution in [3.05, 3.63) is 22.9 Å². The van der Waals surface area contributed by atoms with Crippen LogP contribution in [0.4, 0.5) is 5.82 Å². The van der Waals surface area contributed by atoms with Crippen LogP contribution in [0, 0.1) is 17.2 Å². The number of fused-ring (bicyclic) bond motifs is 1. The number of pyridine rings is 1. The van der Waals surface area contributed by atoms with Crippen LogP contribution in [0.3, 0.4) is 0 Å². The molecular weight excluding hydrogens is 246 g/mol. The van der Waals surface area contributed by atoms with Gasteiger partial charge < -0.3 is 4.90 Å². The predicted molar refractivity (Wildman–Crippen MR) is 80.8 cm³/mol. The first-order valence-corrected chi connectivity index (χ1v) is 7.92. The molecule has 3 rings (SSSR count). The lowest BCUT2D eigenvalue weighted by Gasteiger charge is -2.25. The van der Waals surface area contributed by atoms with E-state index in [-0.39, 0.29) is 0 Å². The lowest BCUT2D eigenvalue weighted by molar-refractivity contribution is 0.544. The Hall–Kier alpha value is -1.56. The lowest BCUT2D eigenvalue weighted by atomic mass is 9.94. The van der Waals surface area contributed by atoms with E-state index in [9.17, 15) is 5.26 Å². The van der Waals surface area contributed by atoms with Gasteiger partial charge in [-0.15, -0.1) is 0 Å². The zero-order valence-electron chi connectivity index (χ0n) is 12.4. The average molecular weight is 269 g/mol. The van der Waals surface area contributed by atoms with Crippen LogP contribution in [-0.4, -0.2) is 18.6 Å². The largest absolute Gasteiger partial charge is 0.358 e. The Morgan fingerprint density at radius 3 is 2.75 bits per heavy atom. The maximum atomic E-state index is 9.41. The topological polar surface area (TPSA) is 39.9 Å². The van der Waals surface area contributed by atoms with Gasteiger partial charge in [-0.2, -0.15) is 5.26 Å². The van der Waals surface area contributed by atoms with E-state index in [0.717, 1.165) is 36.7 Å². The van der Waals surface area contributed by atoms with Gasteiger partial charge in [0.2, 0.25) is 0 Å². The van der Waals surface area contributed by atoms with E-state index in [1.807, 2.05) is 0 Å². The van der Waals surface area contributed by atoms with Gasteiger partial charge in [0.05, 0.1) is 5.56 Å². The Balaban J connectivity index is 1.85. The molecule has 1 heterocycles. The van der Waals surface area contributed by atoms with E-state index in [4.69, 9.17) is 4.98 Å². The monoisotopic (exact) mass is 269 g/mol. The summed E-state index contributed by atoms with van der Waals surface area (Å²) in [5.41, 5.74) is 3.28. The summed E-state index contributed by atoms with van der Waals surface area (Å²) in [4.78, 5) is 7.04. The zero-order chi connectivity index (χ0) is 13.9. The summed E-state index contributed by atoms with van der Waals surface area (Å²) in [5.74, 6) is 1.68. The summed E-state index contributed by atoms with van der Waals surface area (Å²) in [5, 5.41) is 9.41. The van der Waals surface area contributed by atoms with Crippen LogP contribution in [0.2, 0.25) is 0 Å². The maximum Gasteiger partial charge on any atom is 0.146 e. The van der Waals surface area contributed by atoms with E-state index < -0.39 is 0 Å². The molecule has 2 aliphatic carbocycles. The fraction of sp³-hybridized carbons (Fsp3) is 0.647. The second-order valence-electron chi connectivity index (χ2n) is 6.32. The highest BCUT2D eigenvalue weighted by Gasteiger charge is 2.21. The SMILES string of the molecule is CN(CC1CCCC1)c1nc2c(cc1C#N)CCCC2. The molecule has 0 unspecified atom stereocenters. The van der Waals surface area contributed by atoms with Gasteiger partial charge in [0.1, 0.15) is 11.9 Å². The number of aryl methyl sites for hydroxylation is 2. The Morgan fingerprint density at radius 2 is 2.00 bits per heavy atom. The lowest BCUT2D eigenvalue weighted by Crippen LogP contribution is -2.26. The molecule has 3 nitrogen and oxygen atoms in total. The van der Waals surface area contributed by atoms with Crippen LogP contribution in [0.15, 0.2) is 6.07 Å². The molecule has 1 aromatic heterocycles. The molecule has 0 atom stereocenters. The molecule has 20 heavy (non-hydrogen) atoms. The number of nitriles is 1. The number of hydrogen-bond acceptors (Lipinski definition) is 3. The third-order valence-corrected chi connectivity index (χ3v) is 4.77. The van der Waals surface area contributed by atoms with Crippen LogP contribution in [-0.2, 0) is 12.8 Å². The quantitative estimate of drug-likeness (QED) is 0.843. The smallest absolute Gasteiger partial charge is 0.146 e. The number of hydrogen-bond donors (Lipinski definition) is 0. The second kappa shape index (κ2) is 5.83. The van der Waals surface area contributed by atoms with Crippen molar-refractivity contribution < 1.29 is 0 Å². The van der Waals surface area contributed by atoms with Crippen molar-refractivity contribution in [3.63, 3.8) is 0 Å². The van der Waals surface area contributed by atoms with Gasteiger partial charge in [-0.1, -0.05) is 12.8 Å². The van der Waals surface area contributed by atoms with E-state index in [0.29, 0.717) is 0 Å². The molecule has 1 aromatic rings. The van der Waals surface area contributed by atoms with Crippen molar-refractivity contribution in [1.82, 2.24) is 4.98 Å². The van der Waals surface area contributed by atoms with Crippen LogP contribution >= 0.6 is 0 Å². The minimum absolute atomic E-state index is 0.756. The molecule has 0 N–H and O–H groups in total. The van der Waals surface area contributed by atoms with Crippen molar-refractivity contribution in [2.75, 3.05) is 18.5 Å². The van der Waals surface area contributed by atoms with E-state index in [1.165, 1.54) is 49.8 Å². The van der Waals surface area contributed by atoms with Gasteiger partial charge in [-0.3, -0.25) is 0 Å². The van der Waals surface area contributed by atoms with Crippen molar-refractivity contribution in [2.45, 2.75) is 51.4 Å². The second-order valence-corrected chi connectivity index (χ2v) is 6.32. The highest BCUT2D eigenvalue weighted by atomic mass is 15.2. The van der Waals surface area contributed by atoms with Crippen LogP contribution in [0.25, 0.3) is 0 Å². The molecule has 0 saturated heterocycles. The van der Waals surface area contributed by atoms with Crippen LogP contribution < -0.4 is 4.90 Å². The fourth-order valence-corrected chi connectivity index (χ4v) is 3.66. The third kappa shape index (κ3) is 2.65. The van der Waals surface area contributed by atoms with Gasteiger partial charge in [0.15, 0.2) is 0 Å². The molecule has 0 aliphatic heterocycles. The standard InChI is InChI=1S/C17H23N3/c1-20(12-13-6-2-3-7-13)17-15(11-18)10-14-8-4-5-9-16(14)19-17/h10,13H,2-9,12H2,1H3. The van der Waals surface area contributed by atoms with Crippen molar-refractivity contribution in [3.8, 4) is 6.07 Å². The first-order chi connectivity index (χ1) is 9.78. The fourth-order valence-electron chi connectivity index (χ4n) is 3.66. The maximum absolute atomic E-state index is 9.41. The molecular formula is C17H23N3. The average Bonchev–Trinajstić information content (AvgIpc) is 2.98. The minimum atomic E-state index is 0.756. The minimum Gasteiger partial charge on any atom is -0.358 e. The van der Waals surface area contributed by atoms with Gasteiger partial charge in [-0.05, 0) is 56.1 Å². The molecule has 0 aromatic carbocycles. The Kier molecular flexibility index (Phi) is 3.91. The highest BCUT2D eigenvalue weighted by molar-refractivity contribution is 5.56. The van der Waals surface area contributed by atoms with Gasteiger partial charge in [0.25, 0.3) is 0 Å². The van der Waals surface area contributed by atoms with E-state index >= 15 is 0 Å². The number of anilines is 1. The van der Waals surface area contributed by atoms with Crippen LogP contribution in [0.5, 0.6) is 0 Å². The van der Waals surface area contributed by atoms with Gasteiger partial charge in [0, 0.05) is 19.3 Å². The Bertz CT molecular complexity index is 524. The molecule has 0 bridgehead atoms. The van der Waals surface area contributed by atoms with Crippen molar-refractivity contribution >= 4 is 5.82 Å². The summed E-state index contributed by atoms with van der Waals surface area (Å²) in [7, 11) is 2.09. The van der Waals surface area contributed by atoms with Gasteiger partial charge >= 0.3 is 0 Å². The summed E-state index contributed by atoms with van der Waals surface area (Å²) >= 11 is 0. The number of aromatic nitrogens is 1. The predicted octanol–water partition coefficient (Wildman–Crippen LogP) is 3.46. The molecule has 3 heteroatoms. The first-order valence-electron chi connectivity index (χ1n) is 7.92. The van der Waals surface area contributed by atoms with E-state index in [2.05, 4.69) is 24.1 Å². The highest BCUT2D eigenvalue weighted by Crippen LogP contribution is 2.29. The summed E-state index contributed by atoms with van der Waals surface area (Å²) in [6.45, 7) is 1.04. The summed E-state index contributed by atoms with van der Waals surface area (Å²) in [6, 6.07) is 4.43.